The summed E-state index contributed by atoms with van der Waals surface area (Å²) in [5, 5.41) is 7.25. The van der Waals surface area contributed by atoms with Crippen molar-refractivity contribution in [2.24, 2.45) is 0 Å². The highest BCUT2D eigenvalue weighted by Crippen LogP contribution is 2.15. The summed E-state index contributed by atoms with van der Waals surface area (Å²) in [6.07, 6.45) is 0.844. The molecule has 3 rings (SSSR count). The second kappa shape index (κ2) is 8.49. The fourth-order valence-corrected chi connectivity index (χ4v) is 2.59. The lowest BCUT2D eigenvalue weighted by molar-refractivity contribution is 0.103. The monoisotopic (exact) mass is 397 g/mol. The summed E-state index contributed by atoms with van der Waals surface area (Å²) in [6.45, 7) is 1.91. The Hall–Kier alpha value is -3.45. The highest BCUT2D eigenvalue weighted by molar-refractivity contribution is 6.30. The SMILES string of the molecule is CCOC(=O)Nc1cccc(C(=O)c2nn(-c3ccc(Cl)cc3)ccc2=O)c1. The van der Waals surface area contributed by atoms with E-state index in [1.807, 2.05) is 0 Å². The van der Waals surface area contributed by atoms with Crippen LogP contribution in [0.15, 0.2) is 65.6 Å². The Morgan fingerprint density at radius 1 is 1.14 bits per heavy atom. The second-order valence-corrected chi connectivity index (χ2v) is 6.14. The number of carbonyl (C=O) groups is 2. The summed E-state index contributed by atoms with van der Waals surface area (Å²) in [4.78, 5) is 36.6. The molecule has 8 heteroatoms. The molecule has 0 saturated carbocycles. The molecule has 0 bridgehead atoms. The zero-order chi connectivity index (χ0) is 20.1. The van der Waals surface area contributed by atoms with Gasteiger partial charge in [-0.05, 0) is 43.3 Å². The van der Waals surface area contributed by atoms with Crippen LogP contribution in [0, 0.1) is 0 Å². The maximum Gasteiger partial charge on any atom is 0.411 e. The predicted molar refractivity (Wildman–Crippen MR) is 105 cm³/mol. The second-order valence-electron chi connectivity index (χ2n) is 5.70. The van der Waals surface area contributed by atoms with Gasteiger partial charge in [-0.25, -0.2) is 9.48 Å². The van der Waals surface area contributed by atoms with Gasteiger partial charge in [-0.1, -0.05) is 23.7 Å². The van der Waals surface area contributed by atoms with Gasteiger partial charge in [0.05, 0.1) is 12.3 Å². The molecular formula is C20H16ClN3O4. The van der Waals surface area contributed by atoms with Crippen molar-refractivity contribution in [2.75, 3.05) is 11.9 Å². The molecule has 7 nitrogen and oxygen atoms in total. The first-order valence-electron chi connectivity index (χ1n) is 8.42. The van der Waals surface area contributed by atoms with E-state index in [0.29, 0.717) is 16.4 Å². The van der Waals surface area contributed by atoms with Gasteiger partial charge in [0, 0.05) is 28.5 Å². The van der Waals surface area contributed by atoms with Crippen LogP contribution < -0.4 is 10.7 Å². The number of benzene rings is 2. The van der Waals surface area contributed by atoms with Crippen LogP contribution >= 0.6 is 11.6 Å². The fourth-order valence-electron chi connectivity index (χ4n) is 2.46. The lowest BCUT2D eigenvalue weighted by Crippen LogP contribution is -2.21. The Kier molecular flexibility index (Phi) is 5.86. The average Bonchev–Trinajstić information content (AvgIpc) is 2.69. The van der Waals surface area contributed by atoms with Crippen LogP contribution in [0.1, 0.15) is 23.0 Å². The fraction of sp³-hybridized carbons (Fsp3) is 0.100. The molecule has 1 heterocycles. The molecule has 2 aromatic carbocycles. The van der Waals surface area contributed by atoms with Crippen molar-refractivity contribution < 1.29 is 14.3 Å². The van der Waals surface area contributed by atoms with Crippen molar-refractivity contribution in [1.29, 1.82) is 0 Å². The minimum absolute atomic E-state index is 0.216. The Morgan fingerprint density at radius 3 is 2.61 bits per heavy atom. The molecule has 28 heavy (non-hydrogen) atoms. The van der Waals surface area contributed by atoms with E-state index in [1.54, 1.807) is 49.4 Å². The van der Waals surface area contributed by atoms with Gasteiger partial charge in [0.25, 0.3) is 0 Å². The van der Waals surface area contributed by atoms with Gasteiger partial charge in [-0.15, -0.1) is 0 Å². The minimum atomic E-state index is -0.630. The van der Waals surface area contributed by atoms with E-state index < -0.39 is 17.3 Å². The highest BCUT2D eigenvalue weighted by Gasteiger charge is 2.16. The van der Waals surface area contributed by atoms with Gasteiger partial charge in [0.1, 0.15) is 0 Å². The predicted octanol–water partition coefficient (Wildman–Crippen LogP) is 3.69. The Labute approximate surface area is 165 Å². The molecule has 1 amide bonds. The topological polar surface area (TPSA) is 90.3 Å². The number of hydrogen-bond acceptors (Lipinski definition) is 5. The molecule has 0 spiro atoms. The van der Waals surface area contributed by atoms with Gasteiger partial charge in [-0.2, -0.15) is 5.10 Å². The summed E-state index contributed by atoms with van der Waals surface area (Å²) in [6, 6.07) is 14.3. The first kappa shape index (κ1) is 19.3. The van der Waals surface area contributed by atoms with Crippen LogP contribution in [0.4, 0.5) is 10.5 Å². The zero-order valence-corrected chi connectivity index (χ0v) is 15.6. The van der Waals surface area contributed by atoms with E-state index >= 15 is 0 Å². The first-order chi connectivity index (χ1) is 13.5. The van der Waals surface area contributed by atoms with Crippen molar-refractivity contribution in [1.82, 2.24) is 9.78 Å². The maximum atomic E-state index is 12.8. The first-order valence-corrected chi connectivity index (χ1v) is 8.80. The number of amides is 1. The molecule has 142 valence electrons. The Balaban J connectivity index is 1.92. The Morgan fingerprint density at radius 2 is 1.89 bits per heavy atom. The molecular weight excluding hydrogens is 382 g/mol. The molecule has 0 radical (unpaired) electrons. The summed E-state index contributed by atoms with van der Waals surface area (Å²) in [5.41, 5.74) is 0.506. The largest absolute Gasteiger partial charge is 0.450 e. The van der Waals surface area contributed by atoms with Crippen LogP contribution in [-0.4, -0.2) is 28.3 Å². The molecule has 0 aliphatic heterocycles. The number of nitrogens with one attached hydrogen (secondary N) is 1. The van der Waals surface area contributed by atoms with Crippen LogP contribution in [0.5, 0.6) is 0 Å². The quantitative estimate of drug-likeness (QED) is 0.663. The number of hydrogen-bond donors (Lipinski definition) is 1. The van der Waals surface area contributed by atoms with Crippen LogP contribution in [0.25, 0.3) is 5.69 Å². The van der Waals surface area contributed by atoms with Crippen LogP contribution in [0.2, 0.25) is 5.02 Å². The average molecular weight is 398 g/mol. The molecule has 1 N–H and O–H groups in total. The third kappa shape index (κ3) is 4.44. The normalized spacial score (nSPS) is 10.4. The standard InChI is InChI=1S/C20H16ClN3O4/c1-2-28-20(27)22-15-5-3-4-13(12-15)19(26)18-17(25)10-11-24(23-18)16-8-6-14(21)7-9-16/h3-12H,2H2,1H3,(H,22,27). The molecule has 0 aliphatic rings. The van der Waals surface area contributed by atoms with E-state index in [1.165, 1.54) is 23.0 Å². The van der Waals surface area contributed by atoms with Crippen LogP contribution in [0.3, 0.4) is 0 Å². The van der Waals surface area contributed by atoms with E-state index in [4.69, 9.17) is 16.3 Å². The summed E-state index contributed by atoms with van der Waals surface area (Å²) in [5.74, 6) is -0.555. The summed E-state index contributed by atoms with van der Waals surface area (Å²) >= 11 is 5.88. The number of carbonyl (C=O) groups excluding carboxylic acids is 2. The molecule has 1 aromatic heterocycles. The molecule has 0 saturated heterocycles. The van der Waals surface area contributed by atoms with E-state index in [9.17, 15) is 14.4 Å². The summed E-state index contributed by atoms with van der Waals surface area (Å²) in [7, 11) is 0. The Bertz CT molecular complexity index is 1080. The molecule has 0 aliphatic carbocycles. The zero-order valence-electron chi connectivity index (χ0n) is 14.9. The van der Waals surface area contributed by atoms with Gasteiger partial charge in [0.15, 0.2) is 5.69 Å². The number of aromatic nitrogens is 2. The number of ketones is 1. The van der Waals surface area contributed by atoms with Gasteiger partial charge in [-0.3, -0.25) is 14.9 Å². The van der Waals surface area contributed by atoms with E-state index in [-0.39, 0.29) is 17.9 Å². The van der Waals surface area contributed by atoms with E-state index in [0.717, 1.165) is 0 Å². The van der Waals surface area contributed by atoms with Gasteiger partial charge >= 0.3 is 6.09 Å². The number of nitrogens with zero attached hydrogens (tertiary/aromatic N) is 2. The van der Waals surface area contributed by atoms with Crippen molar-refractivity contribution in [2.45, 2.75) is 6.92 Å². The smallest absolute Gasteiger partial charge is 0.411 e. The lowest BCUT2D eigenvalue weighted by Gasteiger charge is -2.08. The molecule has 0 atom stereocenters. The van der Waals surface area contributed by atoms with E-state index in [2.05, 4.69) is 10.4 Å². The van der Waals surface area contributed by atoms with Gasteiger partial charge < -0.3 is 4.74 Å². The number of rotatable bonds is 5. The molecule has 0 fully saturated rings. The highest BCUT2D eigenvalue weighted by atomic mass is 35.5. The number of halogens is 1. The van der Waals surface area contributed by atoms with Crippen molar-refractivity contribution in [3.8, 4) is 5.69 Å². The third-order valence-corrected chi connectivity index (χ3v) is 4.01. The van der Waals surface area contributed by atoms with Gasteiger partial charge in [0.2, 0.25) is 11.2 Å². The van der Waals surface area contributed by atoms with Crippen molar-refractivity contribution >= 4 is 29.2 Å². The minimum Gasteiger partial charge on any atom is -0.450 e. The number of anilines is 1. The maximum absolute atomic E-state index is 12.8. The number of ether oxygens (including phenoxy) is 1. The molecule has 3 aromatic rings. The van der Waals surface area contributed by atoms with Crippen molar-refractivity contribution in [3.05, 3.63) is 87.3 Å². The van der Waals surface area contributed by atoms with Crippen molar-refractivity contribution in [3.63, 3.8) is 0 Å². The third-order valence-electron chi connectivity index (χ3n) is 3.76. The van der Waals surface area contributed by atoms with Crippen LogP contribution in [-0.2, 0) is 4.74 Å². The lowest BCUT2D eigenvalue weighted by atomic mass is 10.1. The summed E-state index contributed by atoms with van der Waals surface area (Å²) < 4.78 is 6.24. The molecule has 0 unspecified atom stereocenters.